The van der Waals surface area contributed by atoms with Gasteiger partial charge in [-0.15, -0.1) is 0 Å². The van der Waals surface area contributed by atoms with Crippen molar-refractivity contribution in [2.24, 2.45) is 0 Å². The third-order valence-electron chi connectivity index (χ3n) is 5.51. The Morgan fingerprint density at radius 1 is 0.513 bits per heavy atom. The minimum absolute atomic E-state index is 0.100. The Hall–Kier alpha value is -1.94. The number of benzene rings is 2. The van der Waals surface area contributed by atoms with Gasteiger partial charge in [-0.05, 0) is 49.9 Å². The van der Waals surface area contributed by atoms with Crippen LogP contribution in [0.3, 0.4) is 0 Å². The third kappa shape index (κ3) is 13.3. The predicted molar refractivity (Wildman–Crippen MR) is 143 cm³/mol. The van der Waals surface area contributed by atoms with Crippen molar-refractivity contribution in [3.63, 3.8) is 0 Å². The molecule has 0 spiro atoms. The molecule has 0 aliphatic rings. The zero-order valence-electron chi connectivity index (χ0n) is 22.3. The van der Waals surface area contributed by atoms with Crippen LogP contribution in [0.15, 0.2) is 46.2 Å². The maximum Gasteiger partial charge on any atom is 0.294 e. The van der Waals surface area contributed by atoms with Crippen molar-refractivity contribution in [3.8, 4) is 0 Å². The lowest BCUT2D eigenvalue weighted by atomic mass is 10.1. The van der Waals surface area contributed by atoms with E-state index in [1.54, 1.807) is 24.3 Å². The van der Waals surface area contributed by atoms with Crippen molar-refractivity contribution in [2.45, 2.75) is 36.5 Å². The summed E-state index contributed by atoms with van der Waals surface area (Å²) in [7, 11) is -8.54. The molecule has 13 heteroatoms. The van der Waals surface area contributed by atoms with Gasteiger partial charge in [0.05, 0.1) is 75.9 Å². The molecule has 0 saturated heterocycles. The molecule has 0 unspecified atom stereocenters. The molecule has 0 heterocycles. The normalized spacial score (nSPS) is 12.2. The molecule has 2 aromatic rings. The van der Waals surface area contributed by atoms with E-state index in [2.05, 4.69) is 0 Å². The van der Waals surface area contributed by atoms with E-state index in [-0.39, 0.29) is 9.79 Å². The smallest absolute Gasteiger partial charge is 0.294 e. The van der Waals surface area contributed by atoms with E-state index in [0.29, 0.717) is 90.0 Å². The monoisotopic (exact) mass is 590 g/mol. The van der Waals surface area contributed by atoms with E-state index in [1.807, 2.05) is 13.8 Å². The molecule has 0 aliphatic carbocycles. The summed E-state index contributed by atoms with van der Waals surface area (Å²) in [5.74, 6) is 0. The maximum absolute atomic E-state index is 11.5. The quantitative estimate of drug-likeness (QED) is 0.173. The number of ether oxygens (including phenoxy) is 5. The summed E-state index contributed by atoms with van der Waals surface area (Å²) in [6.07, 6.45) is 0.708. The van der Waals surface area contributed by atoms with Gasteiger partial charge in [-0.3, -0.25) is 9.11 Å². The lowest BCUT2D eigenvalue weighted by molar-refractivity contribution is -0.0106. The van der Waals surface area contributed by atoms with Gasteiger partial charge in [0, 0.05) is 0 Å². The fraction of sp³-hybridized carbons (Fsp3) is 0.538. The van der Waals surface area contributed by atoms with Crippen LogP contribution in [0.2, 0.25) is 0 Å². The van der Waals surface area contributed by atoms with Gasteiger partial charge >= 0.3 is 0 Å². The number of hydrogen-bond donors (Lipinski definition) is 2. The summed E-state index contributed by atoms with van der Waals surface area (Å²) in [4.78, 5) is -0.201. The SMILES string of the molecule is Cc1ccc(S(=O)(=O)O)c(CCOCCOCCOCCOCCOCCc2cc(C)ccc2S(=O)(=O)O)c1. The van der Waals surface area contributed by atoms with Gasteiger partial charge in [-0.1, -0.05) is 35.4 Å². The zero-order valence-corrected chi connectivity index (χ0v) is 24.0. The molecule has 220 valence electrons. The van der Waals surface area contributed by atoms with Crippen LogP contribution in [0.5, 0.6) is 0 Å². The highest BCUT2D eigenvalue weighted by Crippen LogP contribution is 2.19. The minimum atomic E-state index is -4.27. The molecule has 0 aromatic heterocycles. The summed E-state index contributed by atoms with van der Waals surface area (Å²) in [6.45, 7) is 7.28. The molecule has 0 atom stereocenters. The molecular formula is C26H38O11S2. The number of rotatable bonds is 20. The lowest BCUT2D eigenvalue weighted by Gasteiger charge is -2.10. The van der Waals surface area contributed by atoms with E-state index in [4.69, 9.17) is 23.7 Å². The van der Waals surface area contributed by atoms with Crippen molar-refractivity contribution in [3.05, 3.63) is 58.7 Å². The van der Waals surface area contributed by atoms with Crippen molar-refractivity contribution in [1.29, 1.82) is 0 Å². The Kier molecular flexibility index (Phi) is 14.5. The van der Waals surface area contributed by atoms with Gasteiger partial charge < -0.3 is 23.7 Å². The lowest BCUT2D eigenvalue weighted by Crippen LogP contribution is -2.14. The van der Waals surface area contributed by atoms with Gasteiger partial charge in [0.15, 0.2) is 0 Å². The third-order valence-corrected chi connectivity index (χ3v) is 7.42. The maximum atomic E-state index is 11.5. The summed E-state index contributed by atoms with van der Waals surface area (Å²) < 4.78 is 91.8. The molecule has 39 heavy (non-hydrogen) atoms. The summed E-state index contributed by atoms with van der Waals surface area (Å²) >= 11 is 0. The molecule has 2 N–H and O–H groups in total. The summed E-state index contributed by atoms with van der Waals surface area (Å²) in [5, 5.41) is 0. The molecule has 0 aliphatic heterocycles. The van der Waals surface area contributed by atoms with Crippen LogP contribution >= 0.6 is 0 Å². The van der Waals surface area contributed by atoms with E-state index in [1.165, 1.54) is 12.1 Å². The fourth-order valence-corrected chi connectivity index (χ4v) is 5.12. The van der Waals surface area contributed by atoms with Crippen molar-refractivity contribution < 1.29 is 49.6 Å². The predicted octanol–water partition coefficient (Wildman–Crippen LogP) is 2.67. The van der Waals surface area contributed by atoms with Crippen LogP contribution in [-0.2, 0) is 56.8 Å². The van der Waals surface area contributed by atoms with Gasteiger partial charge in [-0.25, -0.2) is 0 Å². The van der Waals surface area contributed by atoms with Gasteiger partial charge in [0.2, 0.25) is 0 Å². The second kappa shape index (κ2) is 17.0. The molecule has 0 radical (unpaired) electrons. The van der Waals surface area contributed by atoms with Gasteiger partial charge in [0.1, 0.15) is 0 Å². The summed E-state index contributed by atoms with van der Waals surface area (Å²) in [6, 6.07) is 9.48. The van der Waals surface area contributed by atoms with E-state index in [9.17, 15) is 25.9 Å². The van der Waals surface area contributed by atoms with Crippen molar-refractivity contribution >= 4 is 20.2 Å². The molecular weight excluding hydrogens is 552 g/mol. The van der Waals surface area contributed by atoms with Gasteiger partial charge in [-0.2, -0.15) is 16.8 Å². The summed E-state index contributed by atoms with van der Waals surface area (Å²) in [5.41, 5.74) is 2.81. The molecule has 0 amide bonds. The fourth-order valence-electron chi connectivity index (χ4n) is 3.66. The zero-order chi connectivity index (χ0) is 28.7. The second-order valence-electron chi connectivity index (χ2n) is 8.73. The molecule has 11 nitrogen and oxygen atoms in total. The highest BCUT2D eigenvalue weighted by atomic mass is 32.2. The Bertz CT molecular complexity index is 1130. The largest absolute Gasteiger partial charge is 0.379 e. The Morgan fingerprint density at radius 2 is 0.795 bits per heavy atom. The Labute approximate surface area is 230 Å². The van der Waals surface area contributed by atoms with Crippen LogP contribution in [0.4, 0.5) is 0 Å². The standard InChI is InChI=1S/C26H38O11S2/c1-21-3-5-25(38(27,28)29)23(19-21)7-9-33-11-13-35-15-17-37-18-16-36-14-12-34-10-8-24-20-22(2)4-6-26(24)39(30,31)32/h3-6,19-20H,7-18H2,1-2H3,(H,27,28,29)(H,30,31,32). The second-order valence-corrected chi connectivity index (χ2v) is 11.5. The molecule has 2 rings (SSSR count). The Morgan fingerprint density at radius 3 is 1.08 bits per heavy atom. The highest BCUT2D eigenvalue weighted by Gasteiger charge is 2.16. The molecule has 0 fully saturated rings. The number of aryl methyl sites for hydroxylation is 2. The van der Waals surface area contributed by atoms with Crippen LogP contribution in [0.25, 0.3) is 0 Å². The van der Waals surface area contributed by atoms with E-state index < -0.39 is 20.2 Å². The first-order chi connectivity index (χ1) is 18.5. The first-order valence-corrected chi connectivity index (χ1v) is 15.4. The average molecular weight is 591 g/mol. The molecule has 2 aromatic carbocycles. The molecule has 0 saturated carbocycles. The first kappa shape index (κ1) is 33.3. The first-order valence-electron chi connectivity index (χ1n) is 12.5. The number of hydrogen-bond acceptors (Lipinski definition) is 9. The topological polar surface area (TPSA) is 155 Å². The average Bonchev–Trinajstić information content (AvgIpc) is 2.84. The minimum Gasteiger partial charge on any atom is -0.379 e. The van der Waals surface area contributed by atoms with Crippen LogP contribution in [0.1, 0.15) is 22.3 Å². The van der Waals surface area contributed by atoms with Crippen molar-refractivity contribution in [2.75, 3.05) is 66.1 Å². The van der Waals surface area contributed by atoms with E-state index >= 15 is 0 Å². The van der Waals surface area contributed by atoms with Crippen molar-refractivity contribution in [1.82, 2.24) is 0 Å². The van der Waals surface area contributed by atoms with E-state index in [0.717, 1.165) is 11.1 Å². The van der Waals surface area contributed by atoms with Crippen LogP contribution in [-0.4, -0.2) is 92.0 Å². The van der Waals surface area contributed by atoms with Gasteiger partial charge in [0.25, 0.3) is 20.2 Å². The van der Waals surface area contributed by atoms with Crippen LogP contribution in [0, 0.1) is 13.8 Å². The Balaban J connectivity index is 1.42. The van der Waals surface area contributed by atoms with Crippen LogP contribution < -0.4 is 0 Å². The highest BCUT2D eigenvalue weighted by molar-refractivity contribution is 7.86. The molecule has 0 bridgehead atoms.